The quantitative estimate of drug-likeness (QED) is 0.870. The molecule has 1 fully saturated rings. The predicted octanol–water partition coefficient (Wildman–Crippen LogP) is 2.62. The lowest BCUT2D eigenvalue weighted by atomic mass is 10.2. The molecular formula is C13H14Cl2N2O2. The van der Waals surface area contributed by atoms with Crippen LogP contribution < -0.4 is 10.2 Å². The number of rotatable bonds is 4. The summed E-state index contributed by atoms with van der Waals surface area (Å²) in [6.45, 7) is 2.70. The van der Waals surface area contributed by atoms with E-state index in [1.165, 1.54) is 0 Å². The number of imide groups is 1. The molecule has 6 heteroatoms. The van der Waals surface area contributed by atoms with Gasteiger partial charge in [-0.15, -0.1) is 0 Å². The van der Waals surface area contributed by atoms with E-state index >= 15 is 0 Å². The van der Waals surface area contributed by atoms with Gasteiger partial charge in [-0.25, -0.2) is 4.90 Å². The van der Waals surface area contributed by atoms with Crippen LogP contribution in [0.1, 0.15) is 19.8 Å². The number of nitrogens with one attached hydrogen (secondary N) is 1. The van der Waals surface area contributed by atoms with Gasteiger partial charge in [-0.05, 0) is 31.2 Å². The zero-order valence-corrected chi connectivity index (χ0v) is 12.0. The van der Waals surface area contributed by atoms with Gasteiger partial charge in [-0.3, -0.25) is 9.59 Å². The Morgan fingerprint density at radius 1 is 1.26 bits per heavy atom. The highest BCUT2D eigenvalue weighted by atomic mass is 35.5. The fourth-order valence-electron chi connectivity index (χ4n) is 2.05. The Hall–Kier alpha value is -1.10. The van der Waals surface area contributed by atoms with Gasteiger partial charge in [0, 0.05) is 10.0 Å². The van der Waals surface area contributed by atoms with E-state index in [0.717, 1.165) is 11.3 Å². The molecule has 0 bridgehead atoms. The van der Waals surface area contributed by atoms with Crippen LogP contribution in [0.2, 0.25) is 10.0 Å². The van der Waals surface area contributed by atoms with Crippen molar-refractivity contribution < 1.29 is 9.59 Å². The smallest absolute Gasteiger partial charge is 0.251 e. The number of amides is 2. The summed E-state index contributed by atoms with van der Waals surface area (Å²) in [5.41, 5.74) is 0.424. The maximum atomic E-state index is 12.2. The average Bonchev–Trinajstić information content (AvgIpc) is 2.60. The van der Waals surface area contributed by atoms with Crippen LogP contribution in [0.4, 0.5) is 5.69 Å². The normalized spacial score (nSPS) is 19.3. The van der Waals surface area contributed by atoms with Gasteiger partial charge in [-0.2, -0.15) is 0 Å². The van der Waals surface area contributed by atoms with Crippen LogP contribution in [0.3, 0.4) is 0 Å². The molecule has 1 aromatic carbocycles. The zero-order chi connectivity index (χ0) is 14.0. The summed E-state index contributed by atoms with van der Waals surface area (Å²) in [7, 11) is 0. The number of anilines is 1. The van der Waals surface area contributed by atoms with E-state index in [1.807, 2.05) is 6.92 Å². The average molecular weight is 301 g/mol. The standard InChI is InChI=1S/C13H14Cl2N2O2/c1-2-3-16-11-7-12(18)17(13(11)19)10-5-8(14)4-9(15)6-10/h4-6,11,16H,2-3,7H2,1H3/t11-/m1/s1. The molecule has 0 aromatic heterocycles. The summed E-state index contributed by atoms with van der Waals surface area (Å²) < 4.78 is 0. The first kappa shape index (κ1) is 14.3. The first-order valence-electron chi connectivity index (χ1n) is 6.09. The fraction of sp³-hybridized carbons (Fsp3) is 0.385. The molecule has 0 radical (unpaired) electrons. The van der Waals surface area contributed by atoms with E-state index in [9.17, 15) is 9.59 Å². The van der Waals surface area contributed by atoms with Crippen LogP contribution in [0.15, 0.2) is 18.2 Å². The topological polar surface area (TPSA) is 49.4 Å². The molecule has 1 heterocycles. The van der Waals surface area contributed by atoms with Gasteiger partial charge in [0.15, 0.2) is 0 Å². The van der Waals surface area contributed by atoms with E-state index in [4.69, 9.17) is 23.2 Å². The molecule has 1 aliphatic rings. The van der Waals surface area contributed by atoms with E-state index in [0.29, 0.717) is 22.3 Å². The molecular weight excluding hydrogens is 287 g/mol. The first-order valence-corrected chi connectivity index (χ1v) is 6.84. The van der Waals surface area contributed by atoms with Crippen molar-refractivity contribution >= 4 is 40.7 Å². The molecule has 1 N–H and O–H groups in total. The molecule has 1 aromatic rings. The minimum Gasteiger partial charge on any atom is -0.305 e. The summed E-state index contributed by atoms with van der Waals surface area (Å²) in [6, 6.07) is 4.23. The van der Waals surface area contributed by atoms with Crippen molar-refractivity contribution in [2.45, 2.75) is 25.8 Å². The van der Waals surface area contributed by atoms with E-state index in [2.05, 4.69) is 5.32 Å². The lowest BCUT2D eigenvalue weighted by molar-refractivity contribution is -0.121. The summed E-state index contributed by atoms with van der Waals surface area (Å²) in [4.78, 5) is 25.3. The molecule has 2 rings (SSSR count). The van der Waals surface area contributed by atoms with Crippen molar-refractivity contribution in [2.75, 3.05) is 11.4 Å². The number of halogens is 2. The number of hydrogen-bond donors (Lipinski definition) is 1. The third kappa shape index (κ3) is 3.08. The van der Waals surface area contributed by atoms with Crippen molar-refractivity contribution in [1.29, 1.82) is 0 Å². The monoisotopic (exact) mass is 300 g/mol. The molecule has 0 unspecified atom stereocenters. The van der Waals surface area contributed by atoms with Gasteiger partial charge in [-0.1, -0.05) is 30.1 Å². The number of carbonyl (C=O) groups excluding carboxylic acids is 2. The van der Waals surface area contributed by atoms with Crippen LogP contribution in [0, 0.1) is 0 Å². The second kappa shape index (κ2) is 5.90. The van der Waals surface area contributed by atoms with Gasteiger partial charge >= 0.3 is 0 Å². The third-order valence-corrected chi connectivity index (χ3v) is 3.33. The Morgan fingerprint density at radius 2 is 1.89 bits per heavy atom. The van der Waals surface area contributed by atoms with Gasteiger partial charge < -0.3 is 5.32 Å². The van der Waals surface area contributed by atoms with E-state index in [1.54, 1.807) is 18.2 Å². The summed E-state index contributed by atoms with van der Waals surface area (Å²) in [5.74, 6) is -0.492. The van der Waals surface area contributed by atoms with Crippen molar-refractivity contribution in [3.63, 3.8) is 0 Å². The van der Waals surface area contributed by atoms with E-state index in [-0.39, 0.29) is 18.2 Å². The molecule has 4 nitrogen and oxygen atoms in total. The van der Waals surface area contributed by atoms with Gasteiger partial charge in [0.2, 0.25) is 5.91 Å². The van der Waals surface area contributed by atoms with Crippen LogP contribution in [0.25, 0.3) is 0 Å². The zero-order valence-electron chi connectivity index (χ0n) is 10.5. The fourth-order valence-corrected chi connectivity index (χ4v) is 2.56. The number of benzene rings is 1. The van der Waals surface area contributed by atoms with Crippen molar-refractivity contribution in [1.82, 2.24) is 5.32 Å². The summed E-state index contributed by atoms with van der Waals surface area (Å²) in [6.07, 6.45) is 1.07. The van der Waals surface area contributed by atoms with Gasteiger partial charge in [0.1, 0.15) is 0 Å². The molecule has 0 spiro atoms. The molecule has 102 valence electrons. The van der Waals surface area contributed by atoms with Crippen LogP contribution in [-0.2, 0) is 9.59 Å². The lowest BCUT2D eigenvalue weighted by Crippen LogP contribution is -2.39. The number of nitrogens with zero attached hydrogens (tertiary/aromatic N) is 1. The maximum Gasteiger partial charge on any atom is 0.251 e. The van der Waals surface area contributed by atoms with Gasteiger partial charge in [0.05, 0.1) is 18.2 Å². The second-order valence-electron chi connectivity index (χ2n) is 4.41. The molecule has 1 atom stereocenters. The molecule has 1 saturated heterocycles. The Balaban J connectivity index is 2.24. The molecule has 2 amide bonds. The Labute approximate surface area is 121 Å². The lowest BCUT2D eigenvalue weighted by Gasteiger charge is -2.16. The Morgan fingerprint density at radius 3 is 2.47 bits per heavy atom. The summed E-state index contributed by atoms with van der Waals surface area (Å²) in [5, 5.41) is 3.86. The minimum absolute atomic E-state index is 0.170. The minimum atomic E-state index is -0.454. The van der Waals surface area contributed by atoms with Crippen molar-refractivity contribution in [2.24, 2.45) is 0 Å². The van der Waals surface area contributed by atoms with Crippen LogP contribution in [-0.4, -0.2) is 24.4 Å². The Kier molecular flexibility index (Phi) is 4.45. The molecule has 19 heavy (non-hydrogen) atoms. The van der Waals surface area contributed by atoms with Crippen LogP contribution >= 0.6 is 23.2 Å². The second-order valence-corrected chi connectivity index (χ2v) is 5.28. The molecule has 0 saturated carbocycles. The number of carbonyl (C=O) groups is 2. The van der Waals surface area contributed by atoms with Crippen molar-refractivity contribution in [3.05, 3.63) is 28.2 Å². The van der Waals surface area contributed by atoms with Crippen molar-refractivity contribution in [3.8, 4) is 0 Å². The predicted molar refractivity (Wildman–Crippen MR) is 75.7 cm³/mol. The van der Waals surface area contributed by atoms with Gasteiger partial charge in [0.25, 0.3) is 5.91 Å². The van der Waals surface area contributed by atoms with E-state index < -0.39 is 6.04 Å². The highest BCUT2D eigenvalue weighted by Gasteiger charge is 2.39. The highest BCUT2D eigenvalue weighted by Crippen LogP contribution is 2.29. The van der Waals surface area contributed by atoms with Crippen LogP contribution in [0.5, 0.6) is 0 Å². The highest BCUT2D eigenvalue weighted by molar-refractivity contribution is 6.35. The largest absolute Gasteiger partial charge is 0.305 e. The first-order chi connectivity index (χ1) is 9.02. The Bertz CT molecular complexity index is 499. The third-order valence-electron chi connectivity index (χ3n) is 2.89. The summed E-state index contributed by atoms with van der Waals surface area (Å²) >= 11 is 11.8. The molecule has 0 aliphatic carbocycles. The SMILES string of the molecule is CCCN[C@@H]1CC(=O)N(c2cc(Cl)cc(Cl)c2)C1=O. The maximum absolute atomic E-state index is 12.2. The molecule has 1 aliphatic heterocycles. The number of hydrogen-bond acceptors (Lipinski definition) is 3.